The zero-order valence-corrected chi connectivity index (χ0v) is 30.5. The van der Waals surface area contributed by atoms with Crippen LogP contribution < -0.4 is 0 Å². The topological polar surface area (TPSA) is 25.3 Å². The van der Waals surface area contributed by atoms with Crippen LogP contribution in [0.1, 0.15) is 152 Å². The van der Waals surface area contributed by atoms with E-state index in [1.165, 1.54) is 95.9 Å². The second-order valence-electron chi connectivity index (χ2n) is 11.9. The summed E-state index contributed by atoms with van der Waals surface area (Å²) in [5.74, 6) is 0. The normalized spacial score (nSPS) is 12.7. The first-order chi connectivity index (χ1) is 19.5. The Balaban J connectivity index is 0.00000588. The molecule has 0 unspecified atom stereocenters. The van der Waals surface area contributed by atoms with Crippen LogP contribution in [0.15, 0.2) is 47.5 Å². The fourth-order valence-corrected chi connectivity index (χ4v) is 6.15. The van der Waals surface area contributed by atoms with Crippen LogP contribution in [0.2, 0.25) is 0 Å². The fourth-order valence-electron chi connectivity index (χ4n) is 6.15. The summed E-state index contributed by atoms with van der Waals surface area (Å²) in [6.07, 6.45) is 18.3. The molecule has 2 aromatic carbocycles. The van der Waals surface area contributed by atoms with Crippen molar-refractivity contribution in [3.63, 3.8) is 0 Å². The van der Waals surface area contributed by atoms with Gasteiger partial charge in [-0.25, -0.2) is 4.70 Å². The first kappa shape index (κ1) is 41.2. The quantitative estimate of drug-likeness (QED) is 0.0853. The Morgan fingerprint density at radius 1 is 0.465 bits per heavy atom. The third-order valence-electron chi connectivity index (χ3n) is 8.42. The molecule has 0 radical (unpaired) electrons. The SMILES string of the molecule is CCCCC1=C(c2cc(CCCC)cc(CCCC)c2)[N+](=[N-])C(c2cc(CCCC)cc(CCCC)c2)=C1CC.[CH3-].[CH3-].[Pd+2]. The molecule has 2 aromatic rings. The number of aryl methyl sites for hydroxylation is 4. The van der Waals surface area contributed by atoms with Crippen molar-refractivity contribution in [3.05, 3.63) is 101 Å². The van der Waals surface area contributed by atoms with E-state index < -0.39 is 0 Å². The van der Waals surface area contributed by atoms with Crippen LogP contribution in [0.4, 0.5) is 0 Å². The minimum Gasteiger partial charge on any atom is -0.493 e. The molecule has 0 aromatic heterocycles. The van der Waals surface area contributed by atoms with Crippen molar-refractivity contribution in [2.45, 2.75) is 144 Å². The monoisotopic (exact) mass is 676 g/mol. The van der Waals surface area contributed by atoms with Gasteiger partial charge in [-0.2, -0.15) is 0 Å². The van der Waals surface area contributed by atoms with E-state index in [2.05, 4.69) is 77.9 Å². The standard InChI is InChI=1S/C38H56N2.2CH3.Pd/c1-7-13-18-29-23-30(19-14-8-2)26-33(25-29)37-35(12-6)36(22-17-11-5)38(40(37)39)34-27-31(20-15-9-3)24-32(28-34)21-16-10-4;;;/h23-28H,7-22H2,1-6H3;2*1H3;/q;2*-1;+2. The summed E-state index contributed by atoms with van der Waals surface area (Å²) in [6, 6.07) is 14.3. The maximum Gasteiger partial charge on any atom is 2.00 e. The zero-order chi connectivity index (χ0) is 28.9. The minimum absolute atomic E-state index is 0. The first-order valence-electron chi connectivity index (χ1n) is 16.7. The van der Waals surface area contributed by atoms with E-state index in [1.54, 1.807) is 4.70 Å². The summed E-state index contributed by atoms with van der Waals surface area (Å²) in [5, 5.41) is 0. The summed E-state index contributed by atoms with van der Waals surface area (Å²) >= 11 is 0. The third kappa shape index (κ3) is 11.2. The van der Waals surface area contributed by atoms with E-state index in [4.69, 9.17) is 0 Å². The molecule has 0 bridgehead atoms. The summed E-state index contributed by atoms with van der Waals surface area (Å²) in [4.78, 5) is 0. The number of rotatable bonds is 18. The van der Waals surface area contributed by atoms with Crippen LogP contribution in [0, 0.1) is 14.9 Å². The van der Waals surface area contributed by atoms with Crippen LogP contribution in [0.3, 0.4) is 0 Å². The van der Waals surface area contributed by atoms with Gasteiger partial charge in [0.05, 0.1) is 0 Å². The fraction of sp³-hybridized carbons (Fsp3) is 0.550. The van der Waals surface area contributed by atoms with Crippen LogP contribution >= 0.6 is 0 Å². The van der Waals surface area contributed by atoms with Crippen molar-refractivity contribution < 1.29 is 25.1 Å². The molecule has 3 rings (SSSR count). The van der Waals surface area contributed by atoms with E-state index in [0.717, 1.165) is 62.8 Å². The van der Waals surface area contributed by atoms with Gasteiger partial charge in [-0.3, -0.25) is 0 Å². The van der Waals surface area contributed by atoms with Gasteiger partial charge in [-0.05, 0) is 117 Å². The molecule has 1 aliphatic rings. The molecule has 0 saturated carbocycles. The van der Waals surface area contributed by atoms with Crippen molar-refractivity contribution in [3.8, 4) is 0 Å². The van der Waals surface area contributed by atoms with Gasteiger partial charge in [0, 0.05) is 22.3 Å². The van der Waals surface area contributed by atoms with Gasteiger partial charge in [0.1, 0.15) is 0 Å². The molecule has 1 heterocycles. The average molecular weight is 677 g/mol. The van der Waals surface area contributed by atoms with E-state index in [-0.39, 0.29) is 35.3 Å². The molecule has 3 heteroatoms. The summed E-state index contributed by atoms with van der Waals surface area (Å²) < 4.78 is 1.59. The third-order valence-corrected chi connectivity index (χ3v) is 8.42. The molecule has 2 nitrogen and oxygen atoms in total. The average Bonchev–Trinajstić information content (AvgIpc) is 3.26. The maximum atomic E-state index is 12.1. The minimum atomic E-state index is 0. The number of allylic oxidation sites excluding steroid dienone is 2. The van der Waals surface area contributed by atoms with E-state index in [9.17, 15) is 5.53 Å². The Labute approximate surface area is 281 Å². The predicted octanol–water partition coefficient (Wildman–Crippen LogP) is 12.7. The van der Waals surface area contributed by atoms with E-state index in [0.29, 0.717) is 0 Å². The molecule has 0 fully saturated rings. The predicted molar refractivity (Wildman–Crippen MR) is 187 cm³/mol. The van der Waals surface area contributed by atoms with E-state index in [1.807, 2.05) is 0 Å². The molecule has 242 valence electrons. The van der Waals surface area contributed by atoms with Crippen molar-refractivity contribution in [1.82, 2.24) is 0 Å². The van der Waals surface area contributed by atoms with Crippen molar-refractivity contribution in [2.75, 3.05) is 0 Å². The first-order valence-corrected chi connectivity index (χ1v) is 16.7. The molecule has 0 atom stereocenters. The second-order valence-corrected chi connectivity index (χ2v) is 11.9. The zero-order valence-electron chi connectivity index (χ0n) is 29.0. The van der Waals surface area contributed by atoms with Crippen LogP contribution in [-0.4, -0.2) is 4.70 Å². The van der Waals surface area contributed by atoms with Gasteiger partial charge >= 0.3 is 20.4 Å². The van der Waals surface area contributed by atoms with Crippen molar-refractivity contribution >= 4 is 11.4 Å². The number of hydrogen-bond donors (Lipinski definition) is 0. The molecular formula is C40H62N2Pd. The Morgan fingerprint density at radius 3 is 1.07 bits per heavy atom. The molecule has 0 aliphatic carbocycles. The molecule has 0 amide bonds. The summed E-state index contributed by atoms with van der Waals surface area (Å²) in [5.41, 5.74) is 24.9. The Bertz CT molecular complexity index is 1130. The molecule has 1 aliphatic heterocycles. The molecule has 0 saturated heterocycles. The maximum absolute atomic E-state index is 12.1. The van der Waals surface area contributed by atoms with Crippen molar-refractivity contribution in [1.29, 1.82) is 0 Å². The number of hydrogen-bond acceptors (Lipinski definition) is 0. The Kier molecular flexibility index (Phi) is 20.9. The van der Waals surface area contributed by atoms with Gasteiger partial charge in [0.15, 0.2) is 0 Å². The molecular weight excluding hydrogens is 615 g/mol. The Morgan fingerprint density at radius 2 is 0.767 bits per heavy atom. The van der Waals surface area contributed by atoms with Crippen LogP contribution in [-0.2, 0) is 46.1 Å². The van der Waals surface area contributed by atoms with Crippen LogP contribution in [0.25, 0.3) is 16.9 Å². The Hall–Kier alpha value is -1.82. The van der Waals surface area contributed by atoms with Crippen molar-refractivity contribution in [2.24, 2.45) is 0 Å². The largest absolute Gasteiger partial charge is 2.00 e. The van der Waals surface area contributed by atoms with Crippen LogP contribution in [0.5, 0.6) is 0 Å². The number of unbranched alkanes of at least 4 members (excludes halogenated alkanes) is 5. The smallest absolute Gasteiger partial charge is 0.493 e. The number of benzene rings is 2. The second kappa shape index (κ2) is 21.8. The van der Waals surface area contributed by atoms with Gasteiger partial charge in [-0.15, -0.1) is 0 Å². The molecule has 0 N–H and O–H groups in total. The summed E-state index contributed by atoms with van der Waals surface area (Å²) in [6.45, 7) is 13.6. The number of nitrogens with zero attached hydrogens (tertiary/aromatic N) is 2. The molecule has 0 spiro atoms. The molecule has 43 heavy (non-hydrogen) atoms. The summed E-state index contributed by atoms with van der Waals surface area (Å²) in [7, 11) is 0. The van der Waals surface area contributed by atoms with Gasteiger partial charge in [-0.1, -0.05) is 85.8 Å². The van der Waals surface area contributed by atoms with Gasteiger partial charge in [0.2, 0.25) is 11.4 Å². The van der Waals surface area contributed by atoms with E-state index >= 15 is 0 Å². The van der Waals surface area contributed by atoms with Gasteiger partial charge in [0.25, 0.3) is 0 Å². The van der Waals surface area contributed by atoms with Gasteiger partial charge < -0.3 is 20.4 Å².